The fourth-order valence-electron chi connectivity index (χ4n) is 2.19. The highest BCUT2D eigenvalue weighted by Crippen LogP contribution is 2.23. The normalized spacial score (nSPS) is 12.7. The number of rotatable bonds is 4. The van der Waals surface area contributed by atoms with Gasteiger partial charge in [-0.2, -0.15) is 5.10 Å². The van der Waals surface area contributed by atoms with Crippen LogP contribution in [0, 0.1) is 5.82 Å². The molecule has 2 N–H and O–H groups in total. The zero-order valence-corrected chi connectivity index (χ0v) is 11.7. The van der Waals surface area contributed by atoms with Crippen LogP contribution < -0.4 is 5.73 Å². The molecular weight excluding hydrogens is 241 g/mol. The molecule has 1 atom stereocenters. The van der Waals surface area contributed by atoms with E-state index in [0.717, 1.165) is 35.5 Å². The summed E-state index contributed by atoms with van der Waals surface area (Å²) in [7, 11) is 0. The molecule has 2 aromatic rings. The lowest BCUT2D eigenvalue weighted by Gasteiger charge is -2.14. The Kier molecular flexibility index (Phi) is 4.00. The molecule has 0 fully saturated rings. The summed E-state index contributed by atoms with van der Waals surface area (Å²) in [6.07, 6.45) is 1.76. The average Bonchev–Trinajstić information content (AvgIpc) is 2.81. The predicted octanol–water partition coefficient (Wildman–Crippen LogP) is 3.16. The first kappa shape index (κ1) is 13.7. The van der Waals surface area contributed by atoms with Crippen LogP contribution in [0.5, 0.6) is 0 Å². The quantitative estimate of drug-likeness (QED) is 0.918. The molecule has 0 aliphatic rings. The van der Waals surface area contributed by atoms with Crippen molar-refractivity contribution < 1.29 is 4.39 Å². The summed E-state index contributed by atoms with van der Waals surface area (Å²) in [6, 6.07) is 6.55. The second-order valence-corrected chi connectivity index (χ2v) is 4.74. The molecule has 1 heterocycles. The molecule has 0 saturated heterocycles. The zero-order valence-electron chi connectivity index (χ0n) is 11.7. The van der Waals surface area contributed by atoms with Crippen LogP contribution in [-0.2, 0) is 12.8 Å². The third-order valence-electron chi connectivity index (χ3n) is 3.27. The van der Waals surface area contributed by atoms with Crippen LogP contribution in [0.1, 0.15) is 43.8 Å². The van der Waals surface area contributed by atoms with Crippen LogP contribution >= 0.6 is 0 Å². The third-order valence-corrected chi connectivity index (χ3v) is 3.27. The standard InChI is InChI=1S/C15H20FN3/c1-4-12-9-13(5-2)19(18-12)15-7-6-11(16)8-14(15)10(3)17/h6-10H,4-5,17H2,1-3H3. The molecule has 4 heteroatoms. The molecule has 0 aliphatic carbocycles. The Morgan fingerprint density at radius 2 is 2.00 bits per heavy atom. The number of benzene rings is 1. The van der Waals surface area contributed by atoms with E-state index in [-0.39, 0.29) is 11.9 Å². The zero-order chi connectivity index (χ0) is 14.0. The van der Waals surface area contributed by atoms with E-state index >= 15 is 0 Å². The second-order valence-electron chi connectivity index (χ2n) is 4.74. The Bertz CT molecular complexity index is 573. The molecule has 1 aromatic carbocycles. The van der Waals surface area contributed by atoms with Gasteiger partial charge in [-0.3, -0.25) is 0 Å². The van der Waals surface area contributed by atoms with Gasteiger partial charge in [-0.1, -0.05) is 13.8 Å². The van der Waals surface area contributed by atoms with Crippen molar-refractivity contribution in [3.05, 3.63) is 47.0 Å². The maximum Gasteiger partial charge on any atom is 0.123 e. The summed E-state index contributed by atoms with van der Waals surface area (Å²) in [5.41, 5.74) is 9.75. The molecule has 1 unspecified atom stereocenters. The number of nitrogens with zero attached hydrogens (tertiary/aromatic N) is 2. The van der Waals surface area contributed by atoms with Gasteiger partial charge in [-0.15, -0.1) is 0 Å². The van der Waals surface area contributed by atoms with Crippen molar-refractivity contribution in [1.29, 1.82) is 0 Å². The summed E-state index contributed by atoms with van der Waals surface area (Å²) in [5.74, 6) is -0.267. The van der Waals surface area contributed by atoms with E-state index in [9.17, 15) is 4.39 Å². The van der Waals surface area contributed by atoms with Crippen molar-refractivity contribution in [2.75, 3.05) is 0 Å². The predicted molar refractivity (Wildman–Crippen MR) is 74.9 cm³/mol. The SMILES string of the molecule is CCc1cc(CC)n(-c2ccc(F)cc2C(C)N)n1. The van der Waals surface area contributed by atoms with Crippen molar-refractivity contribution in [2.45, 2.75) is 39.7 Å². The van der Waals surface area contributed by atoms with E-state index in [4.69, 9.17) is 5.73 Å². The van der Waals surface area contributed by atoms with Gasteiger partial charge in [0.15, 0.2) is 0 Å². The fourth-order valence-corrected chi connectivity index (χ4v) is 2.19. The molecule has 2 rings (SSSR count). The number of aryl methyl sites for hydroxylation is 2. The number of hydrogen-bond acceptors (Lipinski definition) is 2. The first-order valence-corrected chi connectivity index (χ1v) is 6.70. The smallest absolute Gasteiger partial charge is 0.123 e. The van der Waals surface area contributed by atoms with Gasteiger partial charge in [-0.05, 0) is 49.6 Å². The molecule has 0 amide bonds. The van der Waals surface area contributed by atoms with Gasteiger partial charge in [0.25, 0.3) is 0 Å². The molecule has 1 aromatic heterocycles. The molecule has 3 nitrogen and oxygen atoms in total. The first-order chi connectivity index (χ1) is 9.06. The molecule has 19 heavy (non-hydrogen) atoms. The Balaban J connectivity index is 2.60. The Morgan fingerprint density at radius 1 is 1.26 bits per heavy atom. The lowest BCUT2D eigenvalue weighted by Crippen LogP contribution is -2.12. The number of halogens is 1. The van der Waals surface area contributed by atoms with Gasteiger partial charge in [0.1, 0.15) is 5.82 Å². The lowest BCUT2D eigenvalue weighted by molar-refractivity contribution is 0.619. The highest BCUT2D eigenvalue weighted by molar-refractivity contribution is 5.44. The van der Waals surface area contributed by atoms with Gasteiger partial charge in [-0.25, -0.2) is 9.07 Å². The molecule has 0 spiro atoms. The third kappa shape index (κ3) is 2.68. The van der Waals surface area contributed by atoms with E-state index in [1.165, 1.54) is 12.1 Å². The summed E-state index contributed by atoms with van der Waals surface area (Å²) in [6.45, 7) is 6.01. The van der Waals surface area contributed by atoms with E-state index in [1.54, 1.807) is 6.07 Å². The molecule has 102 valence electrons. The fraction of sp³-hybridized carbons (Fsp3) is 0.400. The van der Waals surface area contributed by atoms with Crippen LogP contribution in [-0.4, -0.2) is 9.78 Å². The first-order valence-electron chi connectivity index (χ1n) is 6.70. The van der Waals surface area contributed by atoms with Gasteiger partial charge in [0.05, 0.1) is 11.4 Å². The summed E-state index contributed by atoms with van der Waals surface area (Å²) >= 11 is 0. The molecule has 0 radical (unpaired) electrons. The summed E-state index contributed by atoms with van der Waals surface area (Å²) in [4.78, 5) is 0. The highest BCUT2D eigenvalue weighted by Gasteiger charge is 2.14. The Labute approximate surface area is 113 Å². The molecule has 0 aliphatic heterocycles. The van der Waals surface area contributed by atoms with Gasteiger partial charge in [0.2, 0.25) is 0 Å². The second kappa shape index (κ2) is 5.53. The maximum absolute atomic E-state index is 13.4. The van der Waals surface area contributed by atoms with Crippen molar-refractivity contribution in [3.8, 4) is 5.69 Å². The summed E-state index contributed by atoms with van der Waals surface area (Å²) in [5, 5.41) is 4.58. The van der Waals surface area contributed by atoms with Crippen LogP contribution in [0.3, 0.4) is 0 Å². The molecule has 0 bridgehead atoms. The minimum Gasteiger partial charge on any atom is -0.324 e. The van der Waals surface area contributed by atoms with Gasteiger partial charge >= 0.3 is 0 Å². The van der Waals surface area contributed by atoms with Crippen molar-refractivity contribution in [2.24, 2.45) is 5.73 Å². The number of aromatic nitrogens is 2. The van der Waals surface area contributed by atoms with Crippen LogP contribution in [0.4, 0.5) is 4.39 Å². The van der Waals surface area contributed by atoms with Gasteiger partial charge < -0.3 is 5.73 Å². The van der Waals surface area contributed by atoms with Crippen molar-refractivity contribution in [3.63, 3.8) is 0 Å². The average molecular weight is 261 g/mol. The van der Waals surface area contributed by atoms with E-state index in [2.05, 4.69) is 25.0 Å². The molecular formula is C15H20FN3. The topological polar surface area (TPSA) is 43.8 Å². The van der Waals surface area contributed by atoms with E-state index in [0.29, 0.717) is 0 Å². The minimum absolute atomic E-state index is 0.232. The van der Waals surface area contributed by atoms with Crippen LogP contribution in [0.25, 0.3) is 5.69 Å². The van der Waals surface area contributed by atoms with E-state index < -0.39 is 0 Å². The lowest BCUT2D eigenvalue weighted by atomic mass is 10.1. The van der Waals surface area contributed by atoms with E-state index in [1.807, 2.05) is 11.6 Å². The number of hydrogen-bond donors (Lipinski definition) is 1. The van der Waals surface area contributed by atoms with Crippen molar-refractivity contribution in [1.82, 2.24) is 9.78 Å². The number of nitrogens with two attached hydrogens (primary N) is 1. The maximum atomic E-state index is 13.4. The van der Waals surface area contributed by atoms with Crippen molar-refractivity contribution >= 4 is 0 Å². The van der Waals surface area contributed by atoms with Crippen LogP contribution in [0.15, 0.2) is 24.3 Å². The summed E-state index contributed by atoms with van der Waals surface area (Å²) < 4.78 is 15.3. The Hall–Kier alpha value is -1.68. The van der Waals surface area contributed by atoms with Gasteiger partial charge in [0, 0.05) is 11.7 Å². The highest BCUT2D eigenvalue weighted by atomic mass is 19.1. The largest absolute Gasteiger partial charge is 0.324 e. The van der Waals surface area contributed by atoms with Crippen LogP contribution in [0.2, 0.25) is 0 Å². The Morgan fingerprint density at radius 3 is 2.58 bits per heavy atom. The monoisotopic (exact) mass is 261 g/mol. The minimum atomic E-state index is -0.267. The molecule has 0 saturated carbocycles.